The molecule has 0 radical (unpaired) electrons. The van der Waals surface area contributed by atoms with Crippen molar-refractivity contribution in [2.75, 3.05) is 5.75 Å². The summed E-state index contributed by atoms with van der Waals surface area (Å²) in [6, 6.07) is 1.82. The Bertz CT molecular complexity index is 339. The number of carbonyl (C=O) groups is 1. The molecule has 0 spiro atoms. The number of amides is 1. The van der Waals surface area contributed by atoms with Crippen LogP contribution in [0.4, 0.5) is 0 Å². The zero-order valence-electron chi connectivity index (χ0n) is 9.23. The van der Waals surface area contributed by atoms with Crippen molar-refractivity contribution in [3.8, 4) is 0 Å². The van der Waals surface area contributed by atoms with E-state index < -0.39 is 0 Å². The van der Waals surface area contributed by atoms with E-state index in [0.29, 0.717) is 17.1 Å². The summed E-state index contributed by atoms with van der Waals surface area (Å²) in [7, 11) is 0. The second kappa shape index (κ2) is 6.57. The standard InChI is InChI=1S/C10H17N3O2S/c1-7(11)3-5-16-6-9-8(2-4-15-9)10(14)13-12/h2,4,7H,3,5-6,11-12H2,1H3,(H,13,14). The lowest BCUT2D eigenvalue weighted by molar-refractivity contribution is 0.0952. The van der Waals surface area contributed by atoms with Gasteiger partial charge in [-0.3, -0.25) is 10.2 Å². The quantitative estimate of drug-likeness (QED) is 0.298. The van der Waals surface area contributed by atoms with Gasteiger partial charge in [-0.15, -0.1) is 0 Å². The first kappa shape index (κ1) is 13.1. The van der Waals surface area contributed by atoms with Crippen LogP contribution in [0.3, 0.4) is 0 Å². The number of rotatable bonds is 6. The SMILES string of the molecule is CC(N)CCSCc1occc1C(=O)NN. The molecule has 0 bridgehead atoms. The number of thioether (sulfide) groups is 1. The average Bonchev–Trinajstić information content (AvgIpc) is 2.71. The topological polar surface area (TPSA) is 94.3 Å². The van der Waals surface area contributed by atoms with E-state index in [1.807, 2.05) is 6.92 Å². The molecule has 1 heterocycles. The Hall–Kier alpha value is -0.980. The van der Waals surface area contributed by atoms with Gasteiger partial charge in [0.25, 0.3) is 5.91 Å². The van der Waals surface area contributed by atoms with E-state index >= 15 is 0 Å². The van der Waals surface area contributed by atoms with Crippen LogP contribution < -0.4 is 17.0 Å². The molecule has 0 aliphatic rings. The van der Waals surface area contributed by atoms with Gasteiger partial charge in [0.2, 0.25) is 0 Å². The number of nitrogens with one attached hydrogen (secondary N) is 1. The molecule has 5 nitrogen and oxygen atoms in total. The van der Waals surface area contributed by atoms with Crippen molar-refractivity contribution in [2.45, 2.75) is 25.1 Å². The second-order valence-corrected chi connectivity index (χ2v) is 4.65. The van der Waals surface area contributed by atoms with Crippen LogP contribution in [0.1, 0.15) is 29.5 Å². The van der Waals surface area contributed by atoms with E-state index in [4.69, 9.17) is 16.0 Å². The summed E-state index contributed by atoms with van der Waals surface area (Å²) in [4.78, 5) is 11.3. The van der Waals surface area contributed by atoms with Crippen molar-refractivity contribution in [3.63, 3.8) is 0 Å². The van der Waals surface area contributed by atoms with Crippen LogP contribution in [-0.4, -0.2) is 17.7 Å². The highest BCUT2D eigenvalue weighted by atomic mass is 32.2. The lowest BCUT2D eigenvalue weighted by Gasteiger charge is -2.04. The molecule has 1 atom stereocenters. The normalized spacial score (nSPS) is 12.4. The minimum atomic E-state index is -0.323. The minimum absolute atomic E-state index is 0.205. The summed E-state index contributed by atoms with van der Waals surface area (Å²) in [5, 5.41) is 0. The van der Waals surface area contributed by atoms with Crippen molar-refractivity contribution in [3.05, 3.63) is 23.7 Å². The first-order valence-corrected chi connectivity index (χ1v) is 6.21. The lowest BCUT2D eigenvalue weighted by atomic mass is 10.2. The van der Waals surface area contributed by atoms with Crippen LogP contribution in [0.25, 0.3) is 0 Å². The predicted octanol–water partition coefficient (Wildman–Crippen LogP) is 0.854. The van der Waals surface area contributed by atoms with Crippen molar-refractivity contribution in [2.24, 2.45) is 11.6 Å². The molecule has 16 heavy (non-hydrogen) atoms. The van der Waals surface area contributed by atoms with Crippen molar-refractivity contribution in [1.29, 1.82) is 0 Å². The molecular weight excluding hydrogens is 226 g/mol. The number of hydrogen-bond acceptors (Lipinski definition) is 5. The van der Waals surface area contributed by atoms with Gasteiger partial charge < -0.3 is 10.2 Å². The van der Waals surface area contributed by atoms with E-state index in [2.05, 4.69) is 5.43 Å². The molecule has 1 rings (SSSR count). The molecule has 0 aromatic carbocycles. The van der Waals surface area contributed by atoms with Crippen LogP contribution in [0.2, 0.25) is 0 Å². The van der Waals surface area contributed by atoms with Crippen molar-refractivity contribution < 1.29 is 9.21 Å². The Kier molecular flexibility index (Phi) is 5.37. The largest absolute Gasteiger partial charge is 0.468 e. The number of hydrazine groups is 1. The van der Waals surface area contributed by atoms with Gasteiger partial charge in [0.15, 0.2) is 0 Å². The third-order valence-electron chi connectivity index (χ3n) is 2.07. The third kappa shape index (κ3) is 3.88. The number of nitrogen functional groups attached to an aromatic ring is 1. The van der Waals surface area contributed by atoms with E-state index in [0.717, 1.165) is 12.2 Å². The monoisotopic (exact) mass is 243 g/mol. The minimum Gasteiger partial charge on any atom is -0.468 e. The number of carbonyl (C=O) groups excluding carboxylic acids is 1. The zero-order chi connectivity index (χ0) is 12.0. The second-order valence-electron chi connectivity index (χ2n) is 3.55. The van der Waals surface area contributed by atoms with Gasteiger partial charge in [0.05, 0.1) is 17.6 Å². The first-order valence-electron chi connectivity index (χ1n) is 5.05. The fourth-order valence-electron chi connectivity index (χ4n) is 1.17. The van der Waals surface area contributed by atoms with Crippen molar-refractivity contribution in [1.82, 2.24) is 5.43 Å². The Labute approximate surface area is 98.9 Å². The molecule has 0 saturated heterocycles. The number of nitrogens with two attached hydrogens (primary N) is 2. The van der Waals surface area contributed by atoms with Gasteiger partial charge in [-0.05, 0) is 25.2 Å². The van der Waals surface area contributed by atoms with Gasteiger partial charge in [0.1, 0.15) is 5.76 Å². The molecular formula is C10H17N3O2S. The lowest BCUT2D eigenvalue weighted by Crippen LogP contribution is -2.30. The molecule has 6 heteroatoms. The van der Waals surface area contributed by atoms with Crippen LogP contribution in [0.5, 0.6) is 0 Å². The molecule has 0 aliphatic carbocycles. The summed E-state index contributed by atoms with van der Waals surface area (Å²) in [5.74, 6) is 6.99. The summed E-state index contributed by atoms with van der Waals surface area (Å²) in [6.45, 7) is 1.97. The highest BCUT2D eigenvalue weighted by Gasteiger charge is 2.13. The molecule has 0 saturated carbocycles. The average molecular weight is 243 g/mol. The van der Waals surface area contributed by atoms with Gasteiger partial charge in [-0.25, -0.2) is 5.84 Å². The number of hydrogen-bond donors (Lipinski definition) is 3. The molecule has 5 N–H and O–H groups in total. The molecule has 0 fully saturated rings. The zero-order valence-corrected chi connectivity index (χ0v) is 10.0. The Morgan fingerprint density at radius 1 is 1.69 bits per heavy atom. The van der Waals surface area contributed by atoms with Crippen LogP contribution in [0.15, 0.2) is 16.7 Å². The molecule has 1 aromatic rings. The highest BCUT2D eigenvalue weighted by molar-refractivity contribution is 7.98. The van der Waals surface area contributed by atoms with E-state index in [-0.39, 0.29) is 11.9 Å². The summed E-state index contributed by atoms with van der Waals surface area (Å²) < 4.78 is 5.23. The van der Waals surface area contributed by atoms with Crippen LogP contribution >= 0.6 is 11.8 Å². The van der Waals surface area contributed by atoms with Crippen LogP contribution in [0, 0.1) is 0 Å². The fourth-order valence-corrected chi connectivity index (χ4v) is 2.26. The van der Waals surface area contributed by atoms with Gasteiger partial charge in [0, 0.05) is 6.04 Å². The Morgan fingerprint density at radius 3 is 3.06 bits per heavy atom. The molecule has 0 aliphatic heterocycles. The predicted molar refractivity (Wildman–Crippen MR) is 64.8 cm³/mol. The molecule has 1 aromatic heterocycles. The van der Waals surface area contributed by atoms with Gasteiger partial charge in [-0.2, -0.15) is 11.8 Å². The smallest absolute Gasteiger partial charge is 0.268 e. The van der Waals surface area contributed by atoms with Crippen molar-refractivity contribution >= 4 is 17.7 Å². The Morgan fingerprint density at radius 2 is 2.44 bits per heavy atom. The summed E-state index contributed by atoms with van der Waals surface area (Å²) in [5.41, 5.74) is 8.22. The first-order chi connectivity index (χ1) is 7.65. The molecule has 1 amide bonds. The molecule has 90 valence electrons. The summed E-state index contributed by atoms with van der Waals surface area (Å²) >= 11 is 1.69. The third-order valence-corrected chi connectivity index (χ3v) is 3.06. The van der Waals surface area contributed by atoms with E-state index in [1.54, 1.807) is 17.8 Å². The van der Waals surface area contributed by atoms with Gasteiger partial charge >= 0.3 is 0 Å². The van der Waals surface area contributed by atoms with E-state index in [1.165, 1.54) is 6.26 Å². The van der Waals surface area contributed by atoms with Gasteiger partial charge in [-0.1, -0.05) is 0 Å². The fraction of sp³-hybridized carbons (Fsp3) is 0.500. The summed E-state index contributed by atoms with van der Waals surface area (Å²) in [6.07, 6.45) is 2.44. The van der Waals surface area contributed by atoms with Crippen LogP contribution in [-0.2, 0) is 5.75 Å². The maximum Gasteiger partial charge on any atom is 0.268 e. The maximum atomic E-state index is 11.3. The maximum absolute atomic E-state index is 11.3. The highest BCUT2D eigenvalue weighted by Crippen LogP contribution is 2.18. The Balaban J connectivity index is 2.42. The number of furan rings is 1. The molecule has 1 unspecified atom stereocenters. The van der Waals surface area contributed by atoms with E-state index in [9.17, 15) is 4.79 Å².